The van der Waals surface area contributed by atoms with Crippen LogP contribution in [0.5, 0.6) is 5.75 Å². The molecule has 6 nitrogen and oxygen atoms in total. The second-order valence-electron chi connectivity index (χ2n) is 9.41. The number of pyridine rings is 1. The van der Waals surface area contributed by atoms with E-state index in [9.17, 15) is 4.79 Å². The molecule has 0 aliphatic carbocycles. The lowest BCUT2D eigenvalue weighted by molar-refractivity contribution is -0.136. The Morgan fingerprint density at radius 1 is 1.03 bits per heavy atom. The minimum Gasteiger partial charge on any atom is -0.493 e. The molecule has 0 aliphatic rings. The Bertz CT molecular complexity index is 1310. The van der Waals surface area contributed by atoms with Gasteiger partial charge in [-0.05, 0) is 66.8 Å². The highest BCUT2D eigenvalue weighted by molar-refractivity contribution is 5.67. The average molecular weight is 485 g/mol. The van der Waals surface area contributed by atoms with Gasteiger partial charge >= 0.3 is 5.97 Å². The van der Waals surface area contributed by atoms with E-state index in [-0.39, 0.29) is 18.3 Å². The van der Waals surface area contributed by atoms with Gasteiger partial charge in [0.1, 0.15) is 11.5 Å². The normalized spacial score (nSPS) is 12.0. The Labute approximate surface area is 212 Å². The number of aliphatic carboxylic acids is 1. The lowest BCUT2D eigenvalue weighted by Crippen LogP contribution is -2.09. The van der Waals surface area contributed by atoms with E-state index in [1.807, 2.05) is 67.6 Å². The number of carboxylic acids is 1. The molecule has 0 spiro atoms. The summed E-state index contributed by atoms with van der Waals surface area (Å²) in [6, 6.07) is 19.8. The van der Waals surface area contributed by atoms with Crippen molar-refractivity contribution in [2.45, 2.75) is 52.4 Å². The molecule has 0 amide bonds. The first-order valence-corrected chi connectivity index (χ1v) is 12.3. The fourth-order valence-electron chi connectivity index (χ4n) is 4.13. The number of rotatable bonds is 10. The monoisotopic (exact) mass is 484 g/mol. The molecular formula is C30H32N2O4. The topological polar surface area (TPSA) is 85.5 Å². The van der Waals surface area contributed by atoms with Gasteiger partial charge in [0.05, 0.1) is 23.9 Å². The number of nitrogens with zero attached hydrogens (tertiary/aromatic N) is 2. The summed E-state index contributed by atoms with van der Waals surface area (Å²) in [5, 5.41) is 8.93. The number of carboxylic acid groups (broad SMARTS) is 1. The SMILES string of the molecule is Cc1cc(OCC(C)c2oc(-c3ccc(-c4ccccn4)cc3)nc2C(C)C)ccc1CCC(=O)O. The van der Waals surface area contributed by atoms with Crippen molar-refractivity contribution in [2.75, 3.05) is 6.61 Å². The maximum absolute atomic E-state index is 10.9. The molecule has 1 atom stereocenters. The maximum atomic E-state index is 10.9. The van der Waals surface area contributed by atoms with Crippen LogP contribution < -0.4 is 4.74 Å². The quantitative estimate of drug-likeness (QED) is 0.260. The van der Waals surface area contributed by atoms with Crippen molar-refractivity contribution in [1.29, 1.82) is 0 Å². The zero-order valence-electron chi connectivity index (χ0n) is 21.2. The minimum atomic E-state index is -0.792. The summed E-state index contributed by atoms with van der Waals surface area (Å²) in [7, 11) is 0. The summed E-state index contributed by atoms with van der Waals surface area (Å²) in [6.07, 6.45) is 2.42. The van der Waals surface area contributed by atoms with Crippen molar-refractivity contribution in [3.05, 3.63) is 89.4 Å². The Balaban J connectivity index is 1.48. The summed E-state index contributed by atoms with van der Waals surface area (Å²) in [5.41, 5.74) is 5.88. The molecule has 0 bridgehead atoms. The molecule has 1 unspecified atom stereocenters. The molecule has 4 aromatic rings. The summed E-state index contributed by atoms with van der Waals surface area (Å²) in [6.45, 7) is 8.73. The molecule has 0 aliphatic heterocycles. The van der Waals surface area contributed by atoms with Gasteiger partial charge in [0, 0.05) is 23.7 Å². The molecule has 2 aromatic heterocycles. The fourth-order valence-corrected chi connectivity index (χ4v) is 4.13. The largest absolute Gasteiger partial charge is 0.493 e. The van der Waals surface area contributed by atoms with E-state index in [0.717, 1.165) is 45.2 Å². The highest BCUT2D eigenvalue weighted by atomic mass is 16.5. The standard InChI is InChI=1S/C30H32N2O4/c1-19(2)28-29(21(4)18-35-25-14-12-22(20(3)17-25)13-15-27(33)34)36-30(32-28)24-10-8-23(9-11-24)26-7-5-6-16-31-26/h5-12,14,16-17,19,21H,13,15,18H2,1-4H3,(H,33,34). The van der Waals surface area contributed by atoms with Gasteiger partial charge in [-0.15, -0.1) is 0 Å². The predicted molar refractivity (Wildman–Crippen MR) is 140 cm³/mol. The van der Waals surface area contributed by atoms with E-state index in [2.05, 4.69) is 25.8 Å². The number of carbonyl (C=O) groups is 1. The third-order valence-electron chi connectivity index (χ3n) is 6.19. The third-order valence-corrected chi connectivity index (χ3v) is 6.19. The van der Waals surface area contributed by atoms with Crippen LogP contribution in [0.2, 0.25) is 0 Å². The molecule has 0 radical (unpaired) electrons. The molecule has 0 fully saturated rings. The zero-order chi connectivity index (χ0) is 25.7. The molecule has 186 valence electrons. The van der Waals surface area contributed by atoms with Crippen LogP contribution in [0, 0.1) is 6.92 Å². The average Bonchev–Trinajstić information content (AvgIpc) is 3.33. The van der Waals surface area contributed by atoms with Crippen LogP contribution in [0.3, 0.4) is 0 Å². The highest BCUT2D eigenvalue weighted by Crippen LogP contribution is 2.32. The molecule has 6 heteroatoms. The van der Waals surface area contributed by atoms with Crippen LogP contribution in [0.4, 0.5) is 0 Å². The summed E-state index contributed by atoms with van der Waals surface area (Å²) < 4.78 is 12.4. The van der Waals surface area contributed by atoms with Gasteiger partial charge in [-0.3, -0.25) is 9.78 Å². The molecule has 4 rings (SSSR count). The van der Waals surface area contributed by atoms with Crippen molar-refractivity contribution in [3.8, 4) is 28.5 Å². The van der Waals surface area contributed by atoms with E-state index in [1.54, 1.807) is 6.20 Å². The van der Waals surface area contributed by atoms with E-state index in [1.165, 1.54) is 0 Å². The van der Waals surface area contributed by atoms with Crippen LogP contribution in [-0.4, -0.2) is 27.7 Å². The first-order chi connectivity index (χ1) is 17.3. The van der Waals surface area contributed by atoms with Crippen LogP contribution in [0.15, 0.2) is 71.3 Å². The van der Waals surface area contributed by atoms with Gasteiger partial charge in [0.25, 0.3) is 0 Å². The van der Waals surface area contributed by atoms with Crippen LogP contribution in [0.25, 0.3) is 22.7 Å². The zero-order valence-corrected chi connectivity index (χ0v) is 21.2. The molecule has 0 saturated heterocycles. The summed E-state index contributed by atoms with van der Waals surface area (Å²) in [4.78, 5) is 20.1. The van der Waals surface area contributed by atoms with Crippen LogP contribution in [-0.2, 0) is 11.2 Å². The maximum Gasteiger partial charge on any atom is 0.303 e. The van der Waals surface area contributed by atoms with Crippen molar-refractivity contribution >= 4 is 5.97 Å². The molecule has 36 heavy (non-hydrogen) atoms. The number of benzene rings is 2. The van der Waals surface area contributed by atoms with E-state index in [0.29, 0.717) is 18.9 Å². The van der Waals surface area contributed by atoms with Crippen LogP contribution >= 0.6 is 0 Å². The van der Waals surface area contributed by atoms with Gasteiger partial charge in [-0.25, -0.2) is 4.98 Å². The number of aryl methyl sites for hydroxylation is 2. The highest BCUT2D eigenvalue weighted by Gasteiger charge is 2.23. The Morgan fingerprint density at radius 3 is 2.42 bits per heavy atom. The Kier molecular flexibility index (Phi) is 7.84. The van der Waals surface area contributed by atoms with Gasteiger partial charge in [0.15, 0.2) is 0 Å². The summed E-state index contributed by atoms with van der Waals surface area (Å²) >= 11 is 0. The van der Waals surface area contributed by atoms with Gasteiger partial charge in [-0.1, -0.05) is 45.0 Å². The van der Waals surface area contributed by atoms with Crippen molar-refractivity contribution in [3.63, 3.8) is 0 Å². The third kappa shape index (κ3) is 6.00. The van der Waals surface area contributed by atoms with Gasteiger partial charge < -0.3 is 14.3 Å². The van der Waals surface area contributed by atoms with E-state index < -0.39 is 5.97 Å². The first kappa shape index (κ1) is 25.2. The van der Waals surface area contributed by atoms with E-state index in [4.69, 9.17) is 19.2 Å². The molecule has 0 saturated carbocycles. The van der Waals surface area contributed by atoms with Crippen molar-refractivity contribution < 1.29 is 19.1 Å². The molecule has 1 N–H and O–H groups in total. The first-order valence-electron chi connectivity index (χ1n) is 12.3. The predicted octanol–water partition coefficient (Wildman–Crippen LogP) is 7.04. The van der Waals surface area contributed by atoms with E-state index >= 15 is 0 Å². The second-order valence-corrected chi connectivity index (χ2v) is 9.41. The van der Waals surface area contributed by atoms with Gasteiger partial charge in [0.2, 0.25) is 5.89 Å². The number of ether oxygens (including phenoxy) is 1. The molecule has 2 heterocycles. The lowest BCUT2D eigenvalue weighted by atomic mass is 10.0. The fraction of sp³-hybridized carbons (Fsp3) is 0.300. The van der Waals surface area contributed by atoms with Crippen molar-refractivity contribution in [1.82, 2.24) is 9.97 Å². The smallest absolute Gasteiger partial charge is 0.303 e. The number of aromatic nitrogens is 2. The summed E-state index contributed by atoms with van der Waals surface area (Å²) in [5.74, 6) is 1.62. The van der Waals surface area contributed by atoms with Gasteiger partial charge in [-0.2, -0.15) is 0 Å². The van der Waals surface area contributed by atoms with Crippen molar-refractivity contribution in [2.24, 2.45) is 0 Å². The lowest BCUT2D eigenvalue weighted by Gasteiger charge is -2.14. The van der Waals surface area contributed by atoms with Crippen LogP contribution in [0.1, 0.15) is 61.6 Å². The molecule has 2 aromatic carbocycles. The Hall–Kier alpha value is -3.93. The molecular weight excluding hydrogens is 452 g/mol. The number of oxazole rings is 1. The minimum absolute atomic E-state index is 0.00318. The Morgan fingerprint density at radius 2 is 1.78 bits per heavy atom. The number of hydrogen-bond donors (Lipinski definition) is 1. The number of hydrogen-bond acceptors (Lipinski definition) is 5. The second kappa shape index (κ2) is 11.2.